The summed E-state index contributed by atoms with van der Waals surface area (Å²) in [6, 6.07) is 3.72. The van der Waals surface area contributed by atoms with Gasteiger partial charge in [0.25, 0.3) is 5.91 Å². The Hall–Kier alpha value is -1.66. The quantitative estimate of drug-likeness (QED) is 0.794. The predicted molar refractivity (Wildman–Crippen MR) is 72.8 cm³/mol. The summed E-state index contributed by atoms with van der Waals surface area (Å²) in [6.07, 6.45) is -0.447. The van der Waals surface area contributed by atoms with Gasteiger partial charge in [0.1, 0.15) is 5.82 Å². The highest BCUT2D eigenvalue weighted by molar-refractivity contribution is 5.99. The molecule has 0 aliphatic carbocycles. The van der Waals surface area contributed by atoms with Crippen molar-refractivity contribution in [2.24, 2.45) is 0 Å². The number of amides is 1. The number of ether oxygens (including phenoxy) is 1. The van der Waals surface area contributed by atoms with E-state index in [-0.39, 0.29) is 30.3 Å². The van der Waals surface area contributed by atoms with Crippen molar-refractivity contribution in [3.8, 4) is 0 Å². The Bertz CT molecular complexity index is 519. The van der Waals surface area contributed by atoms with Crippen molar-refractivity contribution in [2.75, 3.05) is 25.4 Å². The average molecular weight is 282 g/mol. The molecule has 1 aliphatic heterocycles. The average Bonchev–Trinajstić information content (AvgIpc) is 2.38. The number of aliphatic hydroxyl groups is 1. The number of benzene rings is 1. The number of hydrogen-bond acceptors (Lipinski definition) is 4. The summed E-state index contributed by atoms with van der Waals surface area (Å²) in [5.74, 6) is -0.856. The maximum atomic E-state index is 13.3. The second-order valence-electron chi connectivity index (χ2n) is 5.60. The standard InChI is InChI=1S/C14H19FN2O3/c1-14(2)8-17(6-10(7-18)20-14)13(19)11-5-9(15)3-4-12(11)16/h3-5,10,18H,6-8,16H2,1-2H3. The van der Waals surface area contributed by atoms with Gasteiger partial charge in [-0.05, 0) is 32.0 Å². The van der Waals surface area contributed by atoms with E-state index in [1.54, 1.807) is 0 Å². The third kappa shape index (κ3) is 3.08. The summed E-state index contributed by atoms with van der Waals surface area (Å²) in [5.41, 5.74) is 5.55. The van der Waals surface area contributed by atoms with Crippen molar-refractivity contribution < 1.29 is 19.0 Å². The number of nitrogens with two attached hydrogens (primary N) is 1. The number of nitrogens with zero attached hydrogens (tertiary/aromatic N) is 1. The van der Waals surface area contributed by atoms with Gasteiger partial charge in [0.15, 0.2) is 0 Å². The summed E-state index contributed by atoms with van der Waals surface area (Å²) < 4.78 is 18.9. The normalized spacial score (nSPS) is 21.8. The number of aliphatic hydroxyl groups excluding tert-OH is 1. The number of morpholine rings is 1. The first kappa shape index (κ1) is 14.7. The minimum atomic E-state index is -0.566. The summed E-state index contributed by atoms with van der Waals surface area (Å²) in [4.78, 5) is 14.0. The van der Waals surface area contributed by atoms with Crippen LogP contribution in [-0.4, -0.2) is 47.3 Å². The molecule has 3 N–H and O–H groups in total. The zero-order valence-electron chi connectivity index (χ0n) is 11.6. The Morgan fingerprint density at radius 2 is 2.30 bits per heavy atom. The fourth-order valence-electron chi connectivity index (χ4n) is 2.43. The zero-order valence-corrected chi connectivity index (χ0v) is 11.6. The largest absolute Gasteiger partial charge is 0.398 e. The Morgan fingerprint density at radius 3 is 2.95 bits per heavy atom. The Morgan fingerprint density at radius 1 is 1.60 bits per heavy atom. The molecule has 1 saturated heterocycles. The number of carbonyl (C=O) groups is 1. The highest BCUT2D eigenvalue weighted by atomic mass is 19.1. The first-order chi connectivity index (χ1) is 9.32. The molecule has 1 unspecified atom stereocenters. The lowest BCUT2D eigenvalue weighted by Crippen LogP contribution is -2.55. The first-order valence-corrected chi connectivity index (χ1v) is 6.45. The molecule has 20 heavy (non-hydrogen) atoms. The molecule has 6 heteroatoms. The van der Waals surface area contributed by atoms with Gasteiger partial charge < -0.3 is 20.5 Å². The Balaban J connectivity index is 2.25. The molecule has 0 radical (unpaired) electrons. The van der Waals surface area contributed by atoms with E-state index in [1.165, 1.54) is 17.0 Å². The fraction of sp³-hybridized carbons (Fsp3) is 0.500. The van der Waals surface area contributed by atoms with Crippen LogP contribution in [0.15, 0.2) is 18.2 Å². The highest BCUT2D eigenvalue weighted by Crippen LogP contribution is 2.24. The maximum absolute atomic E-state index is 13.3. The zero-order chi connectivity index (χ0) is 14.9. The molecule has 0 bridgehead atoms. The maximum Gasteiger partial charge on any atom is 0.256 e. The predicted octanol–water partition coefficient (Wildman–Crippen LogP) is 1.02. The summed E-state index contributed by atoms with van der Waals surface area (Å²) in [6.45, 7) is 4.12. The molecule has 0 saturated carbocycles. The molecule has 1 aromatic carbocycles. The number of rotatable bonds is 2. The number of halogens is 1. The molecule has 1 heterocycles. The number of carbonyl (C=O) groups excluding carboxylic acids is 1. The van der Waals surface area contributed by atoms with Gasteiger partial charge in [0.2, 0.25) is 0 Å². The second kappa shape index (κ2) is 5.38. The topological polar surface area (TPSA) is 75.8 Å². The van der Waals surface area contributed by atoms with Gasteiger partial charge in [-0.1, -0.05) is 0 Å². The van der Waals surface area contributed by atoms with Gasteiger partial charge in [0, 0.05) is 18.8 Å². The molecule has 1 aliphatic rings. The molecule has 1 aromatic rings. The van der Waals surface area contributed by atoms with E-state index in [9.17, 15) is 14.3 Å². The van der Waals surface area contributed by atoms with E-state index in [1.807, 2.05) is 13.8 Å². The Kier molecular flexibility index (Phi) is 3.96. The molecular formula is C14H19FN2O3. The lowest BCUT2D eigenvalue weighted by atomic mass is 10.0. The lowest BCUT2D eigenvalue weighted by molar-refractivity contribution is -0.139. The minimum Gasteiger partial charge on any atom is -0.398 e. The van der Waals surface area contributed by atoms with Gasteiger partial charge in [-0.15, -0.1) is 0 Å². The summed E-state index contributed by atoms with van der Waals surface area (Å²) in [5, 5.41) is 9.24. The van der Waals surface area contributed by atoms with Crippen LogP contribution in [0.1, 0.15) is 24.2 Å². The molecule has 5 nitrogen and oxygen atoms in total. The number of anilines is 1. The van der Waals surface area contributed by atoms with Crippen LogP contribution in [0.25, 0.3) is 0 Å². The van der Waals surface area contributed by atoms with Crippen molar-refractivity contribution in [3.05, 3.63) is 29.6 Å². The van der Waals surface area contributed by atoms with Crippen molar-refractivity contribution in [1.29, 1.82) is 0 Å². The van der Waals surface area contributed by atoms with Crippen molar-refractivity contribution in [1.82, 2.24) is 4.90 Å². The van der Waals surface area contributed by atoms with E-state index in [0.717, 1.165) is 6.07 Å². The van der Waals surface area contributed by atoms with Gasteiger partial charge >= 0.3 is 0 Å². The van der Waals surface area contributed by atoms with Crippen LogP contribution in [0, 0.1) is 5.82 Å². The monoisotopic (exact) mass is 282 g/mol. The number of hydrogen-bond donors (Lipinski definition) is 2. The third-order valence-electron chi connectivity index (χ3n) is 3.22. The van der Waals surface area contributed by atoms with E-state index in [2.05, 4.69) is 0 Å². The molecule has 110 valence electrons. The van der Waals surface area contributed by atoms with Crippen molar-refractivity contribution in [3.63, 3.8) is 0 Å². The van der Waals surface area contributed by atoms with Crippen LogP contribution in [-0.2, 0) is 4.74 Å². The third-order valence-corrected chi connectivity index (χ3v) is 3.22. The van der Waals surface area contributed by atoms with Gasteiger partial charge in [0.05, 0.1) is 23.9 Å². The molecule has 1 fully saturated rings. The van der Waals surface area contributed by atoms with Gasteiger partial charge in [-0.2, -0.15) is 0 Å². The van der Waals surface area contributed by atoms with E-state index in [4.69, 9.17) is 10.5 Å². The van der Waals surface area contributed by atoms with E-state index >= 15 is 0 Å². The van der Waals surface area contributed by atoms with Crippen LogP contribution in [0.5, 0.6) is 0 Å². The van der Waals surface area contributed by atoms with Crippen LogP contribution >= 0.6 is 0 Å². The Labute approximate surface area is 117 Å². The van der Waals surface area contributed by atoms with Gasteiger partial charge in [-0.3, -0.25) is 4.79 Å². The van der Waals surface area contributed by atoms with E-state index < -0.39 is 17.5 Å². The molecule has 2 rings (SSSR count). The fourth-order valence-corrected chi connectivity index (χ4v) is 2.43. The molecular weight excluding hydrogens is 263 g/mol. The smallest absolute Gasteiger partial charge is 0.256 e. The lowest BCUT2D eigenvalue weighted by Gasteiger charge is -2.42. The SMILES string of the molecule is CC1(C)CN(C(=O)c2cc(F)ccc2N)CC(CO)O1. The summed E-state index contributed by atoms with van der Waals surface area (Å²) >= 11 is 0. The second-order valence-corrected chi connectivity index (χ2v) is 5.60. The molecule has 1 amide bonds. The van der Waals surface area contributed by atoms with Crippen LogP contribution in [0.3, 0.4) is 0 Å². The van der Waals surface area contributed by atoms with E-state index in [0.29, 0.717) is 6.54 Å². The summed E-state index contributed by atoms with van der Waals surface area (Å²) in [7, 11) is 0. The van der Waals surface area contributed by atoms with Crippen LogP contribution < -0.4 is 5.73 Å². The number of nitrogen functional groups attached to an aromatic ring is 1. The minimum absolute atomic E-state index is 0.138. The van der Waals surface area contributed by atoms with Crippen molar-refractivity contribution in [2.45, 2.75) is 25.6 Å². The van der Waals surface area contributed by atoms with Gasteiger partial charge in [-0.25, -0.2) is 4.39 Å². The molecule has 1 atom stereocenters. The van der Waals surface area contributed by atoms with Crippen LogP contribution in [0.2, 0.25) is 0 Å². The first-order valence-electron chi connectivity index (χ1n) is 6.45. The van der Waals surface area contributed by atoms with Crippen molar-refractivity contribution >= 4 is 11.6 Å². The molecule has 0 aromatic heterocycles. The molecule has 0 spiro atoms. The highest BCUT2D eigenvalue weighted by Gasteiger charge is 2.36. The van der Waals surface area contributed by atoms with Crippen LogP contribution in [0.4, 0.5) is 10.1 Å².